The zero-order chi connectivity index (χ0) is 12.3. The number of nitrogens with one attached hydrogen (secondary N) is 1. The summed E-state index contributed by atoms with van der Waals surface area (Å²) in [7, 11) is 0. The fourth-order valence-electron chi connectivity index (χ4n) is 1.76. The maximum atomic E-state index is 13.0. The first-order valence-corrected chi connectivity index (χ1v) is 5.87. The third-order valence-electron chi connectivity index (χ3n) is 2.99. The van der Waals surface area contributed by atoms with Crippen molar-refractivity contribution in [2.24, 2.45) is 11.7 Å². The second-order valence-corrected chi connectivity index (χ2v) is 4.50. The highest BCUT2D eigenvalue weighted by molar-refractivity contribution is 5.96. The highest BCUT2D eigenvalue weighted by atomic mass is 19.1. The van der Waals surface area contributed by atoms with Crippen molar-refractivity contribution >= 4 is 5.84 Å². The smallest absolute Gasteiger partial charge is 0.123 e. The van der Waals surface area contributed by atoms with Gasteiger partial charge in [-0.3, -0.25) is 5.41 Å². The van der Waals surface area contributed by atoms with Gasteiger partial charge in [-0.15, -0.1) is 0 Å². The minimum Gasteiger partial charge on any atom is -0.384 e. The molecule has 2 rings (SSSR count). The van der Waals surface area contributed by atoms with Crippen molar-refractivity contribution in [3.63, 3.8) is 0 Å². The summed E-state index contributed by atoms with van der Waals surface area (Å²) in [6.07, 6.45) is 3.73. The van der Waals surface area contributed by atoms with Crippen LogP contribution in [0.4, 0.5) is 4.39 Å². The summed E-state index contributed by atoms with van der Waals surface area (Å²) in [6.45, 7) is 1.11. The van der Waals surface area contributed by atoms with E-state index in [1.54, 1.807) is 6.07 Å². The van der Waals surface area contributed by atoms with Gasteiger partial charge in [-0.05, 0) is 30.0 Å². The molecular weight excluding hydrogens is 219 g/mol. The zero-order valence-corrected chi connectivity index (χ0v) is 9.71. The first kappa shape index (κ1) is 12.0. The van der Waals surface area contributed by atoms with E-state index in [1.807, 2.05) is 0 Å². The molecule has 0 amide bonds. The normalized spacial score (nSPS) is 14.9. The van der Waals surface area contributed by atoms with Crippen molar-refractivity contribution in [3.05, 3.63) is 35.1 Å². The average molecular weight is 236 g/mol. The first-order chi connectivity index (χ1) is 8.16. The monoisotopic (exact) mass is 236 g/mol. The Bertz CT molecular complexity index is 416. The van der Waals surface area contributed by atoms with E-state index in [1.165, 1.54) is 25.0 Å². The van der Waals surface area contributed by atoms with Gasteiger partial charge in [0.1, 0.15) is 11.7 Å². The number of nitrogen functional groups attached to an aromatic ring is 1. The summed E-state index contributed by atoms with van der Waals surface area (Å²) in [5.41, 5.74) is 6.61. The summed E-state index contributed by atoms with van der Waals surface area (Å²) in [4.78, 5) is 0. The molecule has 3 N–H and O–H groups in total. The lowest BCUT2D eigenvalue weighted by Gasteiger charge is -2.09. The van der Waals surface area contributed by atoms with Crippen molar-refractivity contribution in [2.75, 3.05) is 6.61 Å². The Labute approximate surface area is 100 Å². The van der Waals surface area contributed by atoms with E-state index in [0.717, 1.165) is 24.5 Å². The fraction of sp³-hybridized carbons (Fsp3) is 0.462. The van der Waals surface area contributed by atoms with Crippen LogP contribution >= 0.6 is 0 Å². The van der Waals surface area contributed by atoms with Crippen LogP contribution in [0.15, 0.2) is 18.2 Å². The SMILES string of the molecule is N=C(N)c1cc(F)ccc1COCCC1CC1. The minimum atomic E-state index is -0.378. The van der Waals surface area contributed by atoms with Gasteiger partial charge in [0.15, 0.2) is 0 Å². The van der Waals surface area contributed by atoms with Gasteiger partial charge in [-0.2, -0.15) is 0 Å². The van der Waals surface area contributed by atoms with Crippen LogP contribution < -0.4 is 5.73 Å². The van der Waals surface area contributed by atoms with Crippen LogP contribution in [0.25, 0.3) is 0 Å². The summed E-state index contributed by atoms with van der Waals surface area (Å²) in [5.74, 6) is 0.345. The van der Waals surface area contributed by atoms with Gasteiger partial charge in [0, 0.05) is 12.2 Å². The lowest BCUT2D eigenvalue weighted by molar-refractivity contribution is 0.115. The molecular formula is C13H17FN2O. The van der Waals surface area contributed by atoms with Gasteiger partial charge in [-0.25, -0.2) is 4.39 Å². The highest BCUT2D eigenvalue weighted by Crippen LogP contribution is 2.32. The van der Waals surface area contributed by atoms with E-state index in [0.29, 0.717) is 12.2 Å². The maximum absolute atomic E-state index is 13.0. The molecule has 0 radical (unpaired) electrons. The highest BCUT2D eigenvalue weighted by Gasteiger charge is 2.20. The molecule has 0 bridgehead atoms. The van der Waals surface area contributed by atoms with E-state index in [2.05, 4.69) is 0 Å². The molecule has 0 saturated heterocycles. The van der Waals surface area contributed by atoms with E-state index in [4.69, 9.17) is 15.9 Å². The second-order valence-electron chi connectivity index (χ2n) is 4.50. The molecule has 1 fully saturated rings. The largest absolute Gasteiger partial charge is 0.384 e. The van der Waals surface area contributed by atoms with Crippen molar-refractivity contribution in [1.29, 1.82) is 5.41 Å². The lowest BCUT2D eigenvalue weighted by Crippen LogP contribution is -2.15. The van der Waals surface area contributed by atoms with Gasteiger partial charge < -0.3 is 10.5 Å². The molecule has 1 aromatic rings. The number of halogens is 1. The van der Waals surface area contributed by atoms with Crippen molar-refractivity contribution in [2.45, 2.75) is 25.9 Å². The van der Waals surface area contributed by atoms with Crippen LogP contribution in [-0.4, -0.2) is 12.4 Å². The fourth-order valence-corrected chi connectivity index (χ4v) is 1.76. The predicted octanol–water partition coefficient (Wildman–Crippen LogP) is 2.43. The minimum absolute atomic E-state index is 0.120. The van der Waals surface area contributed by atoms with Crippen molar-refractivity contribution < 1.29 is 9.13 Å². The first-order valence-electron chi connectivity index (χ1n) is 5.87. The van der Waals surface area contributed by atoms with Gasteiger partial charge in [0.2, 0.25) is 0 Å². The Balaban J connectivity index is 1.91. The number of amidine groups is 1. The molecule has 3 nitrogen and oxygen atoms in total. The summed E-state index contributed by atoms with van der Waals surface area (Å²) < 4.78 is 18.5. The van der Waals surface area contributed by atoms with E-state index in [-0.39, 0.29) is 11.7 Å². The van der Waals surface area contributed by atoms with Crippen LogP contribution in [0.3, 0.4) is 0 Å². The summed E-state index contributed by atoms with van der Waals surface area (Å²) >= 11 is 0. The number of hydrogen-bond acceptors (Lipinski definition) is 2. The Kier molecular flexibility index (Phi) is 3.74. The topological polar surface area (TPSA) is 59.1 Å². The molecule has 92 valence electrons. The Morgan fingerprint density at radius 2 is 2.24 bits per heavy atom. The molecule has 0 heterocycles. The molecule has 17 heavy (non-hydrogen) atoms. The van der Waals surface area contributed by atoms with Gasteiger partial charge in [0.25, 0.3) is 0 Å². The summed E-state index contributed by atoms with van der Waals surface area (Å²) in [5, 5.41) is 7.39. The Morgan fingerprint density at radius 1 is 1.47 bits per heavy atom. The third-order valence-corrected chi connectivity index (χ3v) is 2.99. The molecule has 0 unspecified atom stereocenters. The number of benzene rings is 1. The zero-order valence-electron chi connectivity index (χ0n) is 9.71. The number of hydrogen-bond donors (Lipinski definition) is 2. The van der Waals surface area contributed by atoms with Crippen LogP contribution in [0.1, 0.15) is 30.4 Å². The molecule has 1 saturated carbocycles. The van der Waals surface area contributed by atoms with E-state index < -0.39 is 0 Å². The predicted molar refractivity (Wildman–Crippen MR) is 64.4 cm³/mol. The lowest BCUT2D eigenvalue weighted by atomic mass is 10.1. The number of rotatable bonds is 6. The van der Waals surface area contributed by atoms with E-state index >= 15 is 0 Å². The van der Waals surface area contributed by atoms with Crippen LogP contribution in [0.2, 0.25) is 0 Å². The van der Waals surface area contributed by atoms with Crippen molar-refractivity contribution in [1.82, 2.24) is 0 Å². The molecule has 1 aromatic carbocycles. The van der Waals surface area contributed by atoms with Gasteiger partial charge >= 0.3 is 0 Å². The molecule has 0 aromatic heterocycles. The van der Waals surface area contributed by atoms with Crippen molar-refractivity contribution in [3.8, 4) is 0 Å². The quantitative estimate of drug-likeness (QED) is 0.452. The maximum Gasteiger partial charge on any atom is 0.123 e. The standard InChI is InChI=1S/C13H17FN2O/c14-11-4-3-10(12(7-11)13(15)16)8-17-6-5-9-1-2-9/h3-4,7,9H,1-2,5-6,8H2,(H3,15,16). The van der Waals surface area contributed by atoms with Crippen LogP contribution in [0.5, 0.6) is 0 Å². The number of nitrogens with two attached hydrogens (primary N) is 1. The molecule has 1 aliphatic carbocycles. The second kappa shape index (κ2) is 5.27. The molecule has 0 aliphatic heterocycles. The molecule has 0 spiro atoms. The van der Waals surface area contributed by atoms with Crippen LogP contribution in [-0.2, 0) is 11.3 Å². The third kappa shape index (κ3) is 3.53. The molecule has 1 aliphatic rings. The number of ether oxygens (including phenoxy) is 1. The van der Waals surface area contributed by atoms with Gasteiger partial charge in [-0.1, -0.05) is 18.9 Å². The van der Waals surface area contributed by atoms with Gasteiger partial charge in [0.05, 0.1) is 6.61 Å². The molecule has 0 atom stereocenters. The van der Waals surface area contributed by atoms with Crippen LogP contribution in [0, 0.1) is 17.1 Å². The average Bonchev–Trinajstić information content (AvgIpc) is 3.09. The summed E-state index contributed by atoms with van der Waals surface area (Å²) in [6, 6.07) is 4.27. The molecule has 4 heteroatoms. The van der Waals surface area contributed by atoms with E-state index in [9.17, 15) is 4.39 Å². The Hall–Kier alpha value is -1.42. The Morgan fingerprint density at radius 3 is 2.88 bits per heavy atom.